The van der Waals surface area contributed by atoms with Crippen LogP contribution in [0.4, 0.5) is 0 Å². The first-order chi connectivity index (χ1) is 7.26. The van der Waals surface area contributed by atoms with Crippen molar-refractivity contribution in [1.29, 1.82) is 0 Å². The highest BCUT2D eigenvalue weighted by atomic mass is 79.9. The van der Waals surface area contributed by atoms with Crippen LogP contribution in [-0.4, -0.2) is 12.4 Å². The smallest absolute Gasteiger partial charge is 0.134 e. The molecule has 0 spiro atoms. The Morgan fingerprint density at radius 2 is 2.20 bits per heavy atom. The number of hydrogen-bond acceptors (Lipinski definition) is 2. The van der Waals surface area contributed by atoms with Crippen molar-refractivity contribution in [3.63, 3.8) is 0 Å². The molecule has 0 unspecified atom stereocenters. The highest BCUT2D eigenvalue weighted by Gasteiger charge is 2.08. The predicted molar refractivity (Wildman–Crippen MR) is 65.0 cm³/mol. The Kier molecular flexibility index (Phi) is 3.00. The van der Waals surface area contributed by atoms with E-state index in [4.69, 9.17) is 9.15 Å². The topological polar surface area (TPSA) is 22.4 Å². The number of benzene rings is 1. The molecule has 0 aliphatic heterocycles. The van der Waals surface area contributed by atoms with Crippen LogP contribution in [-0.2, 0) is 6.42 Å². The second kappa shape index (κ2) is 4.27. The third kappa shape index (κ3) is 1.88. The first kappa shape index (κ1) is 10.6. The third-order valence-corrected chi connectivity index (χ3v) is 2.93. The quantitative estimate of drug-likeness (QED) is 0.793. The fraction of sp³-hybridized carbons (Fsp3) is 0.333. The molecule has 0 aliphatic rings. The van der Waals surface area contributed by atoms with Gasteiger partial charge in [0.05, 0.1) is 13.4 Å². The van der Waals surface area contributed by atoms with E-state index in [0.29, 0.717) is 0 Å². The molecule has 0 fully saturated rings. The molecule has 0 saturated heterocycles. The van der Waals surface area contributed by atoms with Crippen LogP contribution in [0.3, 0.4) is 0 Å². The zero-order chi connectivity index (χ0) is 10.8. The van der Waals surface area contributed by atoms with Crippen molar-refractivity contribution in [2.75, 3.05) is 12.4 Å². The summed E-state index contributed by atoms with van der Waals surface area (Å²) in [5, 5.41) is 2.09. The summed E-state index contributed by atoms with van der Waals surface area (Å²) in [6.45, 7) is 2.02. The van der Waals surface area contributed by atoms with Gasteiger partial charge in [-0.15, -0.1) is 0 Å². The van der Waals surface area contributed by atoms with E-state index in [1.165, 1.54) is 5.56 Å². The maximum Gasteiger partial charge on any atom is 0.134 e. The summed E-state index contributed by atoms with van der Waals surface area (Å²) in [5.41, 5.74) is 3.26. The average Bonchev–Trinajstić information content (AvgIpc) is 2.60. The molecular formula is C12H13BrO2. The van der Waals surface area contributed by atoms with Gasteiger partial charge in [0.1, 0.15) is 11.3 Å². The molecule has 2 nitrogen and oxygen atoms in total. The van der Waals surface area contributed by atoms with E-state index in [2.05, 4.69) is 15.9 Å². The minimum atomic E-state index is 0.916. The summed E-state index contributed by atoms with van der Waals surface area (Å²) < 4.78 is 10.8. The Bertz CT molecular complexity index is 474. The zero-order valence-corrected chi connectivity index (χ0v) is 10.4. The first-order valence-corrected chi connectivity index (χ1v) is 5.99. The van der Waals surface area contributed by atoms with Gasteiger partial charge in [-0.3, -0.25) is 0 Å². The number of halogens is 1. The van der Waals surface area contributed by atoms with Gasteiger partial charge in [-0.05, 0) is 36.6 Å². The summed E-state index contributed by atoms with van der Waals surface area (Å²) in [7, 11) is 1.69. The van der Waals surface area contributed by atoms with Gasteiger partial charge in [-0.2, -0.15) is 0 Å². The molecule has 0 amide bonds. The van der Waals surface area contributed by atoms with Gasteiger partial charge in [0.15, 0.2) is 0 Å². The lowest BCUT2D eigenvalue weighted by atomic mass is 10.1. The van der Waals surface area contributed by atoms with E-state index >= 15 is 0 Å². The van der Waals surface area contributed by atoms with E-state index < -0.39 is 0 Å². The molecule has 0 aliphatic carbocycles. The van der Waals surface area contributed by atoms with Crippen molar-refractivity contribution in [1.82, 2.24) is 0 Å². The number of methoxy groups -OCH3 is 1. The van der Waals surface area contributed by atoms with Crippen LogP contribution in [0, 0.1) is 6.92 Å². The minimum Gasteiger partial charge on any atom is -0.496 e. The molecule has 80 valence electrons. The summed E-state index contributed by atoms with van der Waals surface area (Å²) in [5.74, 6) is 0.916. The fourth-order valence-corrected chi connectivity index (χ4v) is 2.15. The molecule has 0 atom stereocenters. The summed E-state index contributed by atoms with van der Waals surface area (Å²) >= 11 is 3.43. The fourth-order valence-electron chi connectivity index (χ4n) is 1.72. The molecule has 0 saturated carbocycles. The number of alkyl halides is 1. The van der Waals surface area contributed by atoms with Crippen LogP contribution in [0.1, 0.15) is 11.1 Å². The lowest BCUT2D eigenvalue weighted by molar-refractivity contribution is 0.412. The summed E-state index contributed by atoms with van der Waals surface area (Å²) in [4.78, 5) is 0. The van der Waals surface area contributed by atoms with Gasteiger partial charge in [0.25, 0.3) is 0 Å². The molecule has 2 aromatic rings. The van der Waals surface area contributed by atoms with E-state index in [-0.39, 0.29) is 0 Å². The molecule has 15 heavy (non-hydrogen) atoms. The Morgan fingerprint density at radius 3 is 2.87 bits per heavy atom. The first-order valence-electron chi connectivity index (χ1n) is 4.87. The van der Waals surface area contributed by atoms with E-state index in [9.17, 15) is 0 Å². The minimum absolute atomic E-state index is 0.916. The molecule has 0 radical (unpaired) electrons. The van der Waals surface area contributed by atoms with Gasteiger partial charge in [0.2, 0.25) is 0 Å². The van der Waals surface area contributed by atoms with E-state index in [0.717, 1.165) is 34.0 Å². The molecule has 1 aromatic carbocycles. The number of furan rings is 1. The van der Waals surface area contributed by atoms with Gasteiger partial charge < -0.3 is 9.15 Å². The van der Waals surface area contributed by atoms with Crippen LogP contribution in [0.5, 0.6) is 5.75 Å². The second-order valence-corrected chi connectivity index (χ2v) is 4.31. The van der Waals surface area contributed by atoms with Crippen LogP contribution in [0.25, 0.3) is 11.0 Å². The highest BCUT2D eigenvalue weighted by Crippen LogP contribution is 2.29. The average molecular weight is 269 g/mol. The van der Waals surface area contributed by atoms with Crippen LogP contribution >= 0.6 is 15.9 Å². The van der Waals surface area contributed by atoms with Gasteiger partial charge >= 0.3 is 0 Å². The van der Waals surface area contributed by atoms with Gasteiger partial charge in [-0.1, -0.05) is 15.9 Å². The van der Waals surface area contributed by atoms with Crippen LogP contribution < -0.4 is 4.74 Å². The molecule has 1 aromatic heterocycles. The highest BCUT2D eigenvalue weighted by molar-refractivity contribution is 9.09. The monoisotopic (exact) mass is 268 g/mol. The normalized spacial score (nSPS) is 10.9. The lowest BCUT2D eigenvalue weighted by Crippen LogP contribution is -1.88. The number of hydrogen-bond donors (Lipinski definition) is 0. The van der Waals surface area contributed by atoms with Crippen molar-refractivity contribution >= 4 is 26.9 Å². The van der Waals surface area contributed by atoms with Crippen molar-refractivity contribution in [3.8, 4) is 5.75 Å². The Hall–Kier alpha value is -0.960. The molecular weight excluding hydrogens is 256 g/mol. The number of aryl methyl sites for hydroxylation is 2. The summed E-state index contributed by atoms with van der Waals surface area (Å²) in [6.07, 6.45) is 2.80. The van der Waals surface area contributed by atoms with Gasteiger partial charge in [0, 0.05) is 10.7 Å². The maximum absolute atomic E-state index is 5.51. The van der Waals surface area contributed by atoms with Crippen LogP contribution in [0.15, 0.2) is 22.8 Å². The lowest BCUT2D eigenvalue weighted by Gasteiger charge is -2.04. The molecule has 0 bridgehead atoms. The number of ether oxygens (including phenoxy) is 1. The maximum atomic E-state index is 5.51. The molecule has 0 N–H and O–H groups in total. The van der Waals surface area contributed by atoms with Crippen LogP contribution in [0.2, 0.25) is 0 Å². The van der Waals surface area contributed by atoms with E-state index in [1.54, 1.807) is 7.11 Å². The molecule has 3 heteroatoms. The SMILES string of the molecule is COc1cc2c(CCBr)coc2cc1C. The predicted octanol–water partition coefficient (Wildman–Crippen LogP) is 3.69. The van der Waals surface area contributed by atoms with Crippen molar-refractivity contribution < 1.29 is 9.15 Å². The standard InChI is InChI=1S/C12H13BrO2/c1-8-5-12-10(6-11(8)14-2)9(3-4-13)7-15-12/h5-7H,3-4H2,1-2H3. The second-order valence-electron chi connectivity index (χ2n) is 3.52. The number of rotatable bonds is 3. The summed E-state index contributed by atoms with van der Waals surface area (Å²) in [6, 6.07) is 4.07. The van der Waals surface area contributed by atoms with Crippen molar-refractivity contribution in [3.05, 3.63) is 29.5 Å². The Balaban J connectivity index is 2.58. The Labute approximate surface area is 97.3 Å². The zero-order valence-electron chi connectivity index (χ0n) is 8.84. The van der Waals surface area contributed by atoms with Crippen molar-refractivity contribution in [2.24, 2.45) is 0 Å². The Morgan fingerprint density at radius 1 is 1.40 bits per heavy atom. The third-order valence-electron chi connectivity index (χ3n) is 2.53. The largest absolute Gasteiger partial charge is 0.496 e. The molecule has 1 heterocycles. The van der Waals surface area contributed by atoms with E-state index in [1.807, 2.05) is 25.3 Å². The van der Waals surface area contributed by atoms with Gasteiger partial charge in [-0.25, -0.2) is 0 Å². The van der Waals surface area contributed by atoms with Crippen molar-refractivity contribution in [2.45, 2.75) is 13.3 Å². The molecule has 2 rings (SSSR count). The number of fused-ring (bicyclic) bond motifs is 1.